The minimum atomic E-state index is -0.350. The standard InChI is InChI=1S/C13H13N3O2/c17-13-6-16(18)12-3-10-8-1-7(4-14-5-8)9(10)2-11(12)15-13/h2-3,6-8,14H,1,4-5H2,(H,15,17)/t7-,8+/m1/s1. The maximum atomic E-state index is 11.8. The number of hydrogen-bond donors (Lipinski definition) is 2. The van der Waals surface area contributed by atoms with Crippen molar-refractivity contribution in [3.05, 3.63) is 45.0 Å². The van der Waals surface area contributed by atoms with Crippen molar-refractivity contribution in [3.8, 4) is 0 Å². The Morgan fingerprint density at radius 2 is 1.94 bits per heavy atom. The number of nitrogens with zero attached hydrogens (tertiary/aromatic N) is 1. The number of H-pyrrole nitrogens is 1. The van der Waals surface area contributed by atoms with Gasteiger partial charge >= 0.3 is 5.56 Å². The lowest BCUT2D eigenvalue weighted by atomic mass is 9.98. The third-order valence-corrected chi connectivity index (χ3v) is 4.16. The number of aromatic amines is 1. The Morgan fingerprint density at radius 1 is 1.22 bits per heavy atom. The van der Waals surface area contributed by atoms with Crippen LogP contribution in [0.15, 0.2) is 23.1 Å². The lowest BCUT2D eigenvalue weighted by molar-refractivity contribution is -0.578. The quantitative estimate of drug-likeness (QED) is 0.517. The Bertz CT molecular complexity index is 707. The van der Waals surface area contributed by atoms with E-state index in [-0.39, 0.29) is 5.56 Å². The molecule has 1 aromatic carbocycles. The Kier molecular flexibility index (Phi) is 1.86. The highest BCUT2D eigenvalue weighted by atomic mass is 16.5. The van der Waals surface area contributed by atoms with Gasteiger partial charge in [0.1, 0.15) is 5.52 Å². The molecular formula is C13H13N3O2. The van der Waals surface area contributed by atoms with Crippen molar-refractivity contribution in [2.24, 2.45) is 0 Å². The summed E-state index contributed by atoms with van der Waals surface area (Å²) in [5.74, 6) is 1.03. The topological polar surface area (TPSA) is 71.8 Å². The van der Waals surface area contributed by atoms with Crippen LogP contribution in [0, 0.1) is 5.21 Å². The Labute approximate surface area is 103 Å². The van der Waals surface area contributed by atoms with Crippen molar-refractivity contribution in [2.75, 3.05) is 13.1 Å². The van der Waals surface area contributed by atoms with Crippen LogP contribution in [0.2, 0.25) is 0 Å². The third-order valence-electron chi connectivity index (χ3n) is 4.16. The molecule has 2 atom stereocenters. The number of nitrogens with one attached hydrogen (secondary N) is 2. The predicted octanol–water partition coefficient (Wildman–Crippen LogP) is 0.336. The van der Waals surface area contributed by atoms with Crippen molar-refractivity contribution in [1.29, 1.82) is 0 Å². The number of benzene rings is 1. The molecule has 0 unspecified atom stereocenters. The smallest absolute Gasteiger partial charge is 0.314 e. The number of aromatic nitrogens is 2. The van der Waals surface area contributed by atoms with Crippen LogP contribution in [-0.4, -0.2) is 18.1 Å². The first-order chi connectivity index (χ1) is 8.72. The average Bonchev–Trinajstić information content (AvgIpc) is 2.59. The molecule has 2 N–H and O–H groups in total. The molecular weight excluding hydrogens is 230 g/mol. The largest absolute Gasteiger partial charge is 0.618 e. The van der Waals surface area contributed by atoms with Gasteiger partial charge in [-0.15, -0.1) is 0 Å². The van der Waals surface area contributed by atoms with Crippen LogP contribution in [0.25, 0.3) is 11.0 Å². The SMILES string of the molecule is O=c1c[n+]([O-])c2cc3c(cc2[nH]1)[C@H]1CNC[C@@H]3C1. The molecule has 1 aromatic heterocycles. The first-order valence-electron chi connectivity index (χ1n) is 6.23. The van der Waals surface area contributed by atoms with Crippen molar-refractivity contribution in [3.63, 3.8) is 0 Å². The van der Waals surface area contributed by atoms with E-state index in [0.29, 0.717) is 27.6 Å². The number of hydrogen-bond acceptors (Lipinski definition) is 3. The zero-order chi connectivity index (χ0) is 12.3. The molecule has 0 saturated carbocycles. The van der Waals surface area contributed by atoms with Gasteiger partial charge in [0, 0.05) is 19.2 Å². The Balaban J connectivity index is 2.05. The molecule has 1 saturated heterocycles. The predicted molar refractivity (Wildman–Crippen MR) is 66.5 cm³/mol. The van der Waals surface area contributed by atoms with Gasteiger partial charge in [0.15, 0.2) is 0 Å². The van der Waals surface area contributed by atoms with Gasteiger partial charge in [-0.05, 0) is 35.4 Å². The second-order valence-electron chi connectivity index (χ2n) is 5.23. The van der Waals surface area contributed by atoms with E-state index in [1.807, 2.05) is 12.1 Å². The van der Waals surface area contributed by atoms with Gasteiger partial charge in [-0.1, -0.05) is 0 Å². The van der Waals surface area contributed by atoms with Gasteiger partial charge in [-0.25, -0.2) is 0 Å². The molecule has 2 bridgehead atoms. The maximum Gasteiger partial charge on any atom is 0.314 e. The summed E-state index contributed by atoms with van der Waals surface area (Å²) in [6, 6.07) is 3.93. The minimum absolute atomic E-state index is 0.350. The maximum absolute atomic E-state index is 11.8. The molecule has 5 heteroatoms. The molecule has 1 aliphatic carbocycles. The van der Waals surface area contributed by atoms with E-state index in [2.05, 4.69) is 10.3 Å². The van der Waals surface area contributed by atoms with Crippen LogP contribution in [-0.2, 0) is 0 Å². The zero-order valence-electron chi connectivity index (χ0n) is 9.77. The van der Waals surface area contributed by atoms with Crippen molar-refractivity contribution in [1.82, 2.24) is 10.3 Å². The van der Waals surface area contributed by atoms with Crippen molar-refractivity contribution < 1.29 is 4.73 Å². The van der Waals surface area contributed by atoms with Crippen LogP contribution in [0.1, 0.15) is 29.4 Å². The molecule has 5 nitrogen and oxygen atoms in total. The Hall–Kier alpha value is -1.88. The van der Waals surface area contributed by atoms with Crippen LogP contribution >= 0.6 is 0 Å². The van der Waals surface area contributed by atoms with Gasteiger partial charge in [0.05, 0.1) is 0 Å². The van der Waals surface area contributed by atoms with Gasteiger partial charge in [-0.2, -0.15) is 4.73 Å². The molecule has 92 valence electrons. The summed E-state index contributed by atoms with van der Waals surface area (Å²) < 4.78 is 0.671. The zero-order valence-corrected chi connectivity index (χ0v) is 9.77. The van der Waals surface area contributed by atoms with Gasteiger partial charge in [-0.3, -0.25) is 4.79 Å². The fourth-order valence-electron chi connectivity index (χ4n) is 3.37. The third kappa shape index (κ3) is 1.25. The van der Waals surface area contributed by atoms with E-state index >= 15 is 0 Å². The summed E-state index contributed by atoms with van der Waals surface area (Å²) in [7, 11) is 0. The summed E-state index contributed by atoms with van der Waals surface area (Å²) in [6.07, 6.45) is 2.20. The highest BCUT2D eigenvalue weighted by Gasteiger charge is 2.35. The van der Waals surface area contributed by atoms with E-state index in [9.17, 15) is 10.0 Å². The van der Waals surface area contributed by atoms with Gasteiger partial charge in [0.25, 0.3) is 0 Å². The molecule has 18 heavy (non-hydrogen) atoms. The highest BCUT2D eigenvalue weighted by molar-refractivity contribution is 5.74. The molecule has 2 aliphatic rings. The molecule has 4 rings (SSSR count). The second-order valence-corrected chi connectivity index (χ2v) is 5.23. The molecule has 2 aromatic rings. The van der Waals surface area contributed by atoms with E-state index in [1.54, 1.807) is 0 Å². The van der Waals surface area contributed by atoms with Crippen molar-refractivity contribution >= 4 is 11.0 Å². The summed E-state index contributed by atoms with van der Waals surface area (Å²) >= 11 is 0. The highest BCUT2D eigenvalue weighted by Crippen LogP contribution is 2.44. The lowest BCUT2D eigenvalue weighted by Crippen LogP contribution is -2.32. The minimum Gasteiger partial charge on any atom is -0.618 e. The molecule has 1 fully saturated rings. The monoisotopic (exact) mass is 243 g/mol. The lowest BCUT2D eigenvalue weighted by Gasteiger charge is -2.19. The van der Waals surface area contributed by atoms with E-state index in [0.717, 1.165) is 25.7 Å². The van der Waals surface area contributed by atoms with E-state index < -0.39 is 0 Å². The van der Waals surface area contributed by atoms with Crippen LogP contribution < -0.4 is 15.6 Å². The molecule has 0 amide bonds. The summed E-state index contributed by atoms with van der Waals surface area (Å²) in [6.45, 7) is 1.97. The molecule has 0 radical (unpaired) electrons. The van der Waals surface area contributed by atoms with Crippen molar-refractivity contribution in [2.45, 2.75) is 18.3 Å². The fraction of sp³-hybridized carbons (Fsp3) is 0.385. The molecule has 0 spiro atoms. The van der Waals surface area contributed by atoms with E-state index in [1.165, 1.54) is 11.1 Å². The number of piperidine rings is 1. The van der Waals surface area contributed by atoms with Gasteiger partial charge in [0.2, 0.25) is 11.7 Å². The van der Waals surface area contributed by atoms with Crippen LogP contribution in [0.4, 0.5) is 0 Å². The fourth-order valence-corrected chi connectivity index (χ4v) is 3.37. The summed E-state index contributed by atoms with van der Waals surface area (Å²) in [5.41, 5.74) is 3.41. The summed E-state index contributed by atoms with van der Waals surface area (Å²) in [5, 5.41) is 15.2. The molecule has 2 heterocycles. The van der Waals surface area contributed by atoms with Crippen LogP contribution in [0.3, 0.4) is 0 Å². The van der Waals surface area contributed by atoms with E-state index in [4.69, 9.17) is 0 Å². The average molecular weight is 243 g/mol. The van der Waals surface area contributed by atoms with Crippen LogP contribution in [0.5, 0.6) is 0 Å². The van der Waals surface area contributed by atoms with Gasteiger partial charge < -0.3 is 15.5 Å². The first kappa shape index (κ1) is 10.1. The number of fused-ring (bicyclic) bond motifs is 6. The molecule has 1 aliphatic heterocycles. The first-order valence-corrected chi connectivity index (χ1v) is 6.23. The summed E-state index contributed by atoms with van der Waals surface area (Å²) in [4.78, 5) is 14.1. The second kappa shape index (κ2) is 3.32. The number of rotatable bonds is 0. The normalized spacial score (nSPS) is 25.3. The Morgan fingerprint density at radius 3 is 2.72 bits per heavy atom.